The molecule has 0 amide bonds. The van der Waals surface area contributed by atoms with Crippen LogP contribution in [0.15, 0.2) is 0 Å². The summed E-state index contributed by atoms with van der Waals surface area (Å²) in [6, 6.07) is 0. The molecule has 87 heavy (non-hydrogen) atoms. The summed E-state index contributed by atoms with van der Waals surface area (Å²) >= 11 is 0. The molecule has 0 aromatic heterocycles. The third-order valence-electron chi connectivity index (χ3n) is 15.9. The first-order valence-electron chi connectivity index (χ1n) is 35.2. The molecule has 516 valence electrons. The van der Waals surface area contributed by atoms with Crippen LogP contribution in [0.1, 0.15) is 331 Å². The van der Waals surface area contributed by atoms with Crippen molar-refractivity contribution < 1.29 is 80.2 Å². The lowest BCUT2D eigenvalue weighted by atomic mass is 9.99. The number of hydrogen-bond acceptors (Lipinski definition) is 15. The minimum Gasteiger partial charge on any atom is -0.462 e. The minimum atomic E-state index is -4.95. The lowest BCUT2D eigenvalue weighted by molar-refractivity contribution is -0.161. The van der Waals surface area contributed by atoms with Gasteiger partial charge in [-0.15, -0.1) is 0 Å². The Balaban J connectivity index is 5.27. The fourth-order valence-electron chi connectivity index (χ4n) is 10.1. The molecular formula is C68H132O17P2. The third-order valence-corrected chi connectivity index (χ3v) is 17.8. The van der Waals surface area contributed by atoms with Gasteiger partial charge in [0, 0.05) is 25.7 Å². The first kappa shape index (κ1) is 85.1. The number of phosphoric ester groups is 2. The molecule has 0 aliphatic carbocycles. The van der Waals surface area contributed by atoms with E-state index in [9.17, 15) is 43.2 Å². The molecule has 0 radical (unpaired) electrons. The average Bonchev–Trinajstić information content (AvgIpc) is 3.62. The lowest BCUT2D eigenvalue weighted by Crippen LogP contribution is -2.30. The molecule has 19 heteroatoms. The number of carbonyl (C=O) groups excluding carboxylic acids is 4. The fourth-order valence-corrected chi connectivity index (χ4v) is 11.7. The van der Waals surface area contributed by atoms with E-state index in [4.69, 9.17) is 37.0 Å². The molecule has 3 N–H and O–H groups in total. The van der Waals surface area contributed by atoms with Crippen LogP contribution >= 0.6 is 15.6 Å². The van der Waals surface area contributed by atoms with Crippen molar-refractivity contribution in [3.63, 3.8) is 0 Å². The predicted molar refractivity (Wildman–Crippen MR) is 349 cm³/mol. The number of hydrogen-bond donors (Lipinski definition) is 3. The third kappa shape index (κ3) is 61.3. The molecule has 0 aliphatic heterocycles. The van der Waals surface area contributed by atoms with E-state index < -0.39 is 97.5 Å². The van der Waals surface area contributed by atoms with Gasteiger partial charge >= 0.3 is 39.5 Å². The van der Waals surface area contributed by atoms with Crippen molar-refractivity contribution in [2.75, 3.05) is 39.6 Å². The average molecular weight is 1280 g/mol. The Bertz CT molecular complexity index is 1730. The second-order valence-electron chi connectivity index (χ2n) is 26.2. The summed E-state index contributed by atoms with van der Waals surface area (Å²) in [5, 5.41) is 10.6. The van der Waals surface area contributed by atoms with Crippen molar-refractivity contribution >= 4 is 39.5 Å². The Hall–Kier alpha value is -1.94. The number of aliphatic hydroxyl groups is 1. The first-order valence-corrected chi connectivity index (χ1v) is 38.2. The lowest BCUT2D eigenvalue weighted by Gasteiger charge is -2.21. The maximum absolute atomic E-state index is 13.0. The standard InChI is InChI=1S/C68H132O17P2/c1-9-61(8)47-39-31-23-16-19-27-35-43-51-68(73)85-63(54-78-65(70)48-40-32-24-13-11-10-12-20-28-36-44-58(2)3)56-82-86(74,75)80-52-62(69)53-81-87(76,77)83-57-64(84-67(72)50-42-34-26-18-15-22-30-38-46-60(6)7)55-79-66(71)49-41-33-25-17-14-21-29-37-45-59(4)5/h58-64,69H,9-57H2,1-8H3,(H,74,75)(H,76,77)/t61?,62?,63-,64-/m1/s1. The molecule has 0 aromatic carbocycles. The van der Waals surface area contributed by atoms with Gasteiger partial charge in [-0.1, -0.05) is 280 Å². The van der Waals surface area contributed by atoms with E-state index in [1.165, 1.54) is 135 Å². The molecule has 6 atom stereocenters. The number of aliphatic hydroxyl groups excluding tert-OH is 1. The quantitative estimate of drug-likeness (QED) is 0.0222. The van der Waals surface area contributed by atoms with E-state index in [2.05, 4.69) is 55.4 Å². The van der Waals surface area contributed by atoms with Crippen molar-refractivity contribution in [1.82, 2.24) is 0 Å². The Morgan fingerprint density at radius 3 is 0.816 bits per heavy atom. The first-order chi connectivity index (χ1) is 41.6. The molecule has 0 saturated heterocycles. The van der Waals surface area contributed by atoms with E-state index in [0.29, 0.717) is 25.7 Å². The molecule has 0 rings (SSSR count). The summed E-state index contributed by atoms with van der Waals surface area (Å²) in [5.41, 5.74) is 0. The molecule has 0 saturated carbocycles. The van der Waals surface area contributed by atoms with Crippen LogP contribution in [0.2, 0.25) is 0 Å². The van der Waals surface area contributed by atoms with Gasteiger partial charge in [-0.25, -0.2) is 9.13 Å². The van der Waals surface area contributed by atoms with Gasteiger partial charge in [0.05, 0.1) is 26.4 Å². The van der Waals surface area contributed by atoms with Crippen molar-refractivity contribution in [2.24, 2.45) is 23.7 Å². The number of ether oxygens (including phenoxy) is 4. The predicted octanol–water partition coefficient (Wildman–Crippen LogP) is 18.9. The van der Waals surface area contributed by atoms with Gasteiger partial charge < -0.3 is 33.8 Å². The highest BCUT2D eigenvalue weighted by atomic mass is 31.2. The topological polar surface area (TPSA) is 237 Å². The maximum Gasteiger partial charge on any atom is 0.472 e. The summed E-state index contributed by atoms with van der Waals surface area (Å²) in [6.45, 7) is 14.0. The number of phosphoric acid groups is 2. The fraction of sp³-hybridized carbons (Fsp3) is 0.941. The van der Waals surface area contributed by atoms with Gasteiger partial charge in [-0.05, 0) is 49.4 Å². The highest BCUT2D eigenvalue weighted by molar-refractivity contribution is 7.47. The zero-order valence-corrected chi connectivity index (χ0v) is 58.4. The SMILES string of the molecule is CCC(C)CCCCCCCCCCC(=O)O[C@H](COC(=O)CCCCCCCCCCCCC(C)C)COP(=O)(O)OCC(O)COP(=O)(O)OC[C@@H](COC(=O)CCCCCCCCCCC(C)C)OC(=O)CCCCCCCCCCC(C)C. The van der Waals surface area contributed by atoms with Crippen LogP contribution in [0.5, 0.6) is 0 Å². The van der Waals surface area contributed by atoms with Crippen molar-refractivity contribution in [1.29, 1.82) is 0 Å². The van der Waals surface area contributed by atoms with E-state index in [0.717, 1.165) is 114 Å². The van der Waals surface area contributed by atoms with E-state index in [1.54, 1.807) is 0 Å². The van der Waals surface area contributed by atoms with Gasteiger partial charge in [0.25, 0.3) is 0 Å². The van der Waals surface area contributed by atoms with Crippen LogP contribution in [0.3, 0.4) is 0 Å². The van der Waals surface area contributed by atoms with Crippen LogP contribution in [0.4, 0.5) is 0 Å². The maximum atomic E-state index is 13.0. The van der Waals surface area contributed by atoms with Crippen LogP contribution in [0.25, 0.3) is 0 Å². The molecule has 0 aromatic rings. The van der Waals surface area contributed by atoms with Gasteiger partial charge in [0.15, 0.2) is 12.2 Å². The number of unbranched alkanes of at least 4 members (excludes halogenated alkanes) is 30. The van der Waals surface area contributed by atoms with E-state index >= 15 is 0 Å². The highest BCUT2D eigenvalue weighted by Crippen LogP contribution is 2.45. The van der Waals surface area contributed by atoms with E-state index in [-0.39, 0.29) is 25.7 Å². The molecule has 0 aliphatic rings. The van der Waals surface area contributed by atoms with Gasteiger partial charge in [0.2, 0.25) is 0 Å². The largest absolute Gasteiger partial charge is 0.472 e. The second kappa shape index (κ2) is 57.9. The van der Waals surface area contributed by atoms with Crippen molar-refractivity contribution in [3.8, 4) is 0 Å². The molecule has 0 heterocycles. The molecule has 4 unspecified atom stereocenters. The monoisotopic (exact) mass is 1280 g/mol. The van der Waals surface area contributed by atoms with Gasteiger partial charge in [-0.2, -0.15) is 0 Å². The number of carbonyl (C=O) groups is 4. The van der Waals surface area contributed by atoms with Crippen LogP contribution < -0.4 is 0 Å². The minimum absolute atomic E-state index is 0.103. The summed E-state index contributed by atoms with van der Waals surface area (Å²) in [4.78, 5) is 72.4. The number of esters is 4. The Morgan fingerprint density at radius 1 is 0.322 bits per heavy atom. The van der Waals surface area contributed by atoms with Crippen molar-refractivity contribution in [2.45, 2.75) is 350 Å². The normalized spacial score (nSPS) is 14.6. The summed E-state index contributed by atoms with van der Waals surface area (Å²) in [6.07, 6.45) is 38.9. The van der Waals surface area contributed by atoms with Crippen LogP contribution in [0, 0.1) is 23.7 Å². The highest BCUT2D eigenvalue weighted by Gasteiger charge is 2.30. The van der Waals surface area contributed by atoms with Crippen molar-refractivity contribution in [3.05, 3.63) is 0 Å². The second-order valence-corrected chi connectivity index (χ2v) is 29.1. The molecular weight excluding hydrogens is 1150 g/mol. The smallest absolute Gasteiger partial charge is 0.462 e. The molecule has 0 spiro atoms. The Morgan fingerprint density at radius 2 is 0.552 bits per heavy atom. The van der Waals surface area contributed by atoms with Gasteiger partial charge in [0.1, 0.15) is 19.3 Å². The molecule has 0 bridgehead atoms. The summed E-state index contributed by atoms with van der Waals surface area (Å²) < 4.78 is 68.2. The van der Waals surface area contributed by atoms with E-state index in [1.807, 2.05) is 0 Å². The summed E-state index contributed by atoms with van der Waals surface area (Å²) in [5.74, 6) is 0.838. The Labute approximate surface area is 530 Å². The molecule has 17 nitrogen and oxygen atoms in total. The van der Waals surface area contributed by atoms with Crippen LogP contribution in [-0.4, -0.2) is 96.7 Å². The zero-order chi connectivity index (χ0) is 64.7. The van der Waals surface area contributed by atoms with Crippen LogP contribution in [-0.2, 0) is 65.4 Å². The molecule has 0 fully saturated rings. The Kier molecular flexibility index (Phi) is 56.6. The zero-order valence-electron chi connectivity index (χ0n) is 56.6. The van der Waals surface area contributed by atoms with Gasteiger partial charge in [-0.3, -0.25) is 37.3 Å². The number of rotatable bonds is 65. The summed E-state index contributed by atoms with van der Waals surface area (Å²) in [7, 11) is -9.90.